The minimum absolute atomic E-state index is 0. The van der Waals surface area contributed by atoms with Crippen LogP contribution in [0.3, 0.4) is 0 Å². The molecular formula is C120H82F8Ir4N8O8Pt2-6. The summed E-state index contributed by atoms with van der Waals surface area (Å²) >= 11 is 0. The van der Waals surface area contributed by atoms with Gasteiger partial charge in [0.15, 0.2) is 11.6 Å². The van der Waals surface area contributed by atoms with Crippen LogP contribution in [0.25, 0.3) is 132 Å². The van der Waals surface area contributed by atoms with Gasteiger partial charge < -0.3 is 50.3 Å². The van der Waals surface area contributed by atoms with Crippen LogP contribution >= 0.6 is 0 Å². The molecule has 0 amide bonds. The van der Waals surface area contributed by atoms with Crippen LogP contribution in [0.5, 0.6) is 0 Å². The standard InChI is InChI=1S/C18H14N.4C16H8F2N.C16H10N.2C6H5NO2.2C5H8O2.4Ir.2Pt/c1-18(2)14-8-4-3-7-13(14)17-16-12(10-11-19-17)6-5-9-15(16)18;4*17-16(18)12-6-2-1-5-11(12)15-14-10(8-9-19-15)4-3-7-13(14)16;1-2-7-14-12(4-1)10-13-6-3-5-11-8-9-17-16(14)15(11)13;2*8-6(9)5-3-1-2-4-7-5;2*1-4(6)3-5(2)7;;;;;;/h3-6,8-11H,1-2H3;4*1-4,6-9H;1-6,8-9H,10H2;2*1-4H,(H,8,9);2*3,6H,1-2H3;;;;;;/q6*-1;;;;;;;;;;. The van der Waals surface area contributed by atoms with Crippen LogP contribution in [-0.2, 0) is 168 Å². The SMILES string of the molecule is CC(=O)C=C(C)O.CC(=O)C=C(C)O.CC1(C)c2ccc[c-]c2-c2nccc3cccc1c23.FC1(F)c2ccc[c-]c2-c2nccc3cccc1c23.FC1(F)c2ccc[c-]c2-c2nccc3cccc1c23.FC1(F)c2ccc[c-]c2-c2nccc3cccc1c23.FC1(F)c2ccc[c-]c2-c2nccc3cccc1c23.O=C(O)c1ccccn1.O=C(O)c1ccccn1.[Ir].[Ir].[Ir].[Ir].[Pt].[Pt].[c-]1cccc2c1-c1nccc3cccc(c13)C2. The second-order valence-corrected chi connectivity index (χ2v) is 34.3. The van der Waals surface area contributed by atoms with E-state index in [2.05, 4.69) is 157 Å². The molecule has 0 unspecified atom stereocenters. The number of halogens is 8. The average molecular weight is 3080 g/mol. The molecule has 0 saturated carbocycles. The minimum atomic E-state index is -3.00. The number of carboxylic acid groups (broad SMARTS) is 2. The smallest absolute Gasteiger partial charge is 0.354 e. The van der Waals surface area contributed by atoms with E-state index in [1.54, 1.807) is 146 Å². The van der Waals surface area contributed by atoms with Crippen LogP contribution in [0.4, 0.5) is 35.1 Å². The zero-order valence-electron chi connectivity index (χ0n) is 79.7. The quantitative estimate of drug-likeness (QED) is 0.0553. The number of carbonyl (C=O) groups excluding carboxylic acids is 2. The van der Waals surface area contributed by atoms with E-state index >= 15 is 0 Å². The van der Waals surface area contributed by atoms with Crippen LogP contribution in [0, 0.1) is 36.4 Å². The van der Waals surface area contributed by atoms with Crippen molar-refractivity contribution < 1.29 is 197 Å². The first-order chi connectivity index (χ1) is 69.3. The van der Waals surface area contributed by atoms with Gasteiger partial charge in [0.1, 0.15) is 11.4 Å². The summed E-state index contributed by atoms with van der Waals surface area (Å²) in [6.07, 6.45) is 16.6. The summed E-state index contributed by atoms with van der Waals surface area (Å²) in [4.78, 5) is 73.7. The number of benzene rings is 12. The fourth-order valence-electron chi connectivity index (χ4n) is 18.4. The molecule has 0 aliphatic heterocycles. The van der Waals surface area contributed by atoms with E-state index in [9.17, 15) is 54.3 Å². The molecule has 768 valence electrons. The van der Waals surface area contributed by atoms with Crippen molar-refractivity contribution in [2.24, 2.45) is 0 Å². The van der Waals surface area contributed by atoms with Gasteiger partial charge in [0.2, 0.25) is 0 Å². The zero-order valence-corrected chi connectivity index (χ0v) is 93.8. The van der Waals surface area contributed by atoms with Crippen LogP contribution in [0.2, 0.25) is 0 Å². The molecule has 12 aromatic carbocycles. The number of nitrogens with zero attached hydrogens (tertiary/aromatic N) is 8. The molecule has 0 bridgehead atoms. The topological polar surface area (TPSA) is 252 Å². The molecule has 8 heterocycles. The number of alkyl halides is 8. The van der Waals surface area contributed by atoms with E-state index in [4.69, 9.17) is 20.4 Å². The van der Waals surface area contributed by atoms with E-state index < -0.39 is 35.6 Å². The van der Waals surface area contributed by atoms with Crippen molar-refractivity contribution in [2.75, 3.05) is 0 Å². The van der Waals surface area contributed by atoms with Crippen molar-refractivity contribution in [1.82, 2.24) is 39.9 Å². The van der Waals surface area contributed by atoms with Gasteiger partial charge in [-0.15, -0.1) is 190 Å². The molecule has 150 heavy (non-hydrogen) atoms. The fourth-order valence-corrected chi connectivity index (χ4v) is 18.4. The predicted molar refractivity (Wildman–Crippen MR) is 540 cm³/mol. The third-order valence-corrected chi connectivity index (χ3v) is 24.5. The molecule has 0 atom stereocenters. The van der Waals surface area contributed by atoms with Crippen molar-refractivity contribution in [3.63, 3.8) is 0 Å². The van der Waals surface area contributed by atoms with E-state index in [1.165, 1.54) is 157 Å². The third-order valence-electron chi connectivity index (χ3n) is 24.5. The van der Waals surface area contributed by atoms with E-state index in [1.807, 2.05) is 54.9 Å². The maximum Gasteiger partial charge on any atom is 0.354 e. The summed E-state index contributed by atoms with van der Waals surface area (Å²) in [5.74, 6) is -14.1. The molecule has 6 aliphatic carbocycles. The summed E-state index contributed by atoms with van der Waals surface area (Å²) in [6, 6.07) is 103. The van der Waals surface area contributed by atoms with Crippen LogP contribution in [-0.4, -0.2) is 83.8 Å². The largest absolute Gasteiger partial charge is 0.512 e. The van der Waals surface area contributed by atoms with Crippen molar-refractivity contribution in [2.45, 2.75) is 77.1 Å². The number of hydrogen-bond acceptors (Lipinski definition) is 14. The maximum atomic E-state index is 14.6. The van der Waals surface area contributed by atoms with Crippen molar-refractivity contribution >= 4 is 88.1 Å². The Hall–Kier alpha value is -13.8. The zero-order chi connectivity index (χ0) is 102. The first-order valence-corrected chi connectivity index (χ1v) is 45.2. The molecule has 0 spiro atoms. The first kappa shape index (κ1) is 116. The number of allylic oxidation sites excluding steroid dienone is 4. The Bertz CT molecular complexity index is 7570. The predicted octanol–water partition coefficient (Wildman–Crippen LogP) is 28.2. The number of pyridine rings is 8. The number of carbonyl (C=O) groups is 4. The number of aromatic carboxylic acids is 2. The Morgan fingerprint density at radius 2 is 0.493 bits per heavy atom. The number of carboxylic acids is 2. The molecule has 0 saturated heterocycles. The Morgan fingerprint density at radius 1 is 0.260 bits per heavy atom. The number of aliphatic hydroxyl groups excluding tert-OH is 2. The Morgan fingerprint density at radius 3 is 0.753 bits per heavy atom. The van der Waals surface area contributed by atoms with Gasteiger partial charge in [-0.05, 0) is 205 Å². The molecule has 16 nitrogen and oxygen atoms in total. The van der Waals surface area contributed by atoms with E-state index in [0.717, 1.165) is 50.5 Å². The summed E-state index contributed by atoms with van der Waals surface area (Å²) in [7, 11) is 0. The Kier molecular flexibility index (Phi) is 38.6. The van der Waals surface area contributed by atoms with E-state index in [-0.39, 0.29) is 207 Å². The van der Waals surface area contributed by atoms with Gasteiger partial charge in [-0.3, -0.25) is 9.59 Å². The molecule has 0 fully saturated rings. The van der Waals surface area contributed by atoms with Gasteiger partial charge in [-0.25, -0.2) is 54.7 Å². The van der Waals surface area contributed by atoms with Gasteiger partial charge in [0.05, 0.1) is 11.5 Å². The summed E-state index contributed by atoms with van der Waals surface area (Å²) in [6.45, 7) is 10.3. The molecule has 20 aromatic rings. The summed E-state index contributed by atoms with van der Waals surface area (Å²) < 4.78 is 117. The number of hydrogen-bond donors (Lipinski definition) is 4. The van der Waals surface area contributed by atoms with Gasteiger partial charge >= 0.3 is 11.9 Å². The number of aromatic nitrogens is 8. The minimum Gasteiger partial charge on any atom is -0.512 e. The van der Waals surface area contributed by atoms with Gasteiger partial charge in [0.25, 0.3) is 23.7 Å². The number of rotatable bonds is 4. The van der Waals surface area contributed by atoms with Crippen molar-refractivity contribution in [3.8, 4) is 67.5 Å². The number of fused-ring (bicyclic) bond motifs is 12. The van der Waals surface area contributed by atoms with Gasteiger partial charge in [0, 0.05) is 207 Å². The molecular weight excluding hydrogens is 2990 g/mol. The van der Waals surface area contributed by atoms with Crippen LogP contribution in [0.15, 0.2) is 364 Å². The third kappa shape index (κ3) is 23.8. The Labute approximate surface area is 940 Å². The molecule has 4 N–H and O–H groups in total. The molecule has 6 aliphatic rings. The second-order valence-electron chi connectivity index (χ2n) is 34.3. The molecule has 26 rings (SSSR count). The second kappa shape index (κ2) is 49.7. The van der Waals surface area contributed by atoms with Gasteiger partial charge in [-0.2, -0.15) is 0 Å². The molecule has 30 heteroatoms. The first-order valence-electron chi connectivity index (χ1n) is 45.2. The normalized spacial score (nSPS) is 13.2. The molecule has 8 aromatic heterocycles. The van der Waals surface area contributed by atoms with E-state index in [0.29, 0.717) is 66.6 Å². The van der Waals surface area contributed by atoms with Crippen molar-refractivity contribution in [1.29, 1.82) is 0 Å². The monoisotopic (exact) mass is 3080 g/mol. The maximum absolute atomic E-state index is 14.6. The summed E-state index contributed by atoms with van der Waals surface area (Å²) in [5, 5.41) is 43.7. The molecule has 4 radical (unpaired) electrons. The van der Waals surface area contributed by atoms with Crippen molar-refractivity contribution in [3.05, 3.63) is 479 Å². The average Bonchev–Trinajstić information content (AvgIpc) is 0.726. The van der Waals surface area contributed by atoms with Crippen LogP contribution < -0.4 is 0 Å². The fraction of sp³-hybridized carbons (Fsp3) is 0.100. The summed E-state index contributed by atoms with van der Waals surface area (Å²) in [5.41, 5.74) is 14.0. The van der Waals surface area contributed by atoms with Crippen LogP contribution in [0.1, 0.15) is 129 Å². The number of ketones is 2. The number of aliphatic hydroxyl groups is 2. The Balaban J connectivity index is 0.000000160. The van der Waals surface area contributed by atoms with Gasteiger partial charge in [-0.1, -0.05) is 163 Å².